The maximum Gasteiger partial charge on any atom is 0.260 e. The van der Waals surface area contributed by atoms with Crippen LogP contribution in [0.5, 0.6) is 0 Å². The summed E-state index contributed by atoms with van der Waals surface area (Å²) in [7, 11) is 0. The summed E-state index contributed by atoms with van der Waals surface area (Å²) < 4.78 is 1.75. The van der Waals surface area contributed by atoms with Gasteiger partial charge >= 0.3 is 0 Å². The maximum absolute atomic E-state index is 12.1. The lowest BCUT2D eigenvalue weighted by Crippen LogP contribution is -2.32. The predicted octanol–water partition coefficient (Wildman–Crippen LogP) is 0.867. The Labute approximate surface area is 116 Å². The number of aryl methyl sites for hydroxylation is 1. The SMILES string of the molecule is CCCn1ncnc1C(C)NC(=O)c1ccc[nH]c1=O. The summed E-state index contributed by atoms with van der Waals surface area (Å²) in [5.41, 5.74) is -0.326. The van der Waals surface area contributed by atoms with E-state index in [4.69, 9.17) is 0 Å². The molecule has 106 valence electrons. The minimum atomic E-state index is -0.426. The molecule has 0 saturated carbocycles. The number of H-pyrrole nitrogens is 1. The molecule has 0 aromatic carbocycles. The fourth-order valence-corrected chi connectivity index (χ4v) is 1.93. The first-order valence-electron chi connectivity index (χ1n) is 6.49. The molecule has 2 aromatic rings. The smallest absolute Gasteiger partial charge is 0.260 e. The molecular formula is C13H17N5O2. The number of rotatable bonds is 5. The molecule has 2 aromatic heterocycles. The van der Waals surface area contributed by atoms with Crippen LogP contribution in [0.1, 0.15) is 42.5 Å². The van der Waals surface area contributed by atoms with Crippen LogP contribution in [0.2, 0.25) is 0 Å². The summed E-state index contributed by atoms with van der Waals surface area (Å²) in [6, 6.07) is 2.77. The lowest BCUT2D eigenvalue weighted by molar-refractivity contribution is 0.0936. The van der Waals surface area contributed by atoms with Gasteiger partial charge < -0.3 is 10.3 Å². The average Bonchev–Trinajstić information content (AvgIpc) is 2.88. The van der Waals surface area contributed by atoms with Gasteiger partial charge in [0, 0.05) is 12.7 Å². The van der Waals surface area contributed by atoms with Gasteiger partial charge in [-0.05, 0) is 25.5 Å². The molecule has 1 unspecified atom stereocenters. The van der Waals surface area contributed by atoms with Crippen LogP contribution in [-0.2, 0) is 6.54 Å². The van der Waals surface area contributed by atoms with Gasteiger partial charge in [-0.15, -0.1) is 0 Å². The highest BCUT2D eigenvalue weighted by molar-refractivity contribution is 5.93. The molecule has 0 radical (unpaired) electrons. The number of nitrogens with one attached hydrogen (secondary N) is 2. The van der Waals surface area contributed by atoms with Gasteiger partial charge in [-0.25, -0.2) is 9.67 Å². The zero-order valence-electron chi connectivity index (χ0n) is 11.5. The van der Waals surface area contributed by atoms with E-state index in [1.54, 1.807) is 10.7 Å². The molecule has 0 aliphatic carbocycles. The molecule has 1 amide bonds. The van der Waals surface area contributed by atoms with Crippen LogP contribution in [0.3, 0.4) is 0 Å². The molecule has 0 spiro atoms. The number of aromatic nitrogens is 4. The van der Waals surface area contributed by atoms with Gasteiger partial charge in [0.05, 0.1) is 6.04 Å². The van der Waals surface area contributed by atoms with Crippen LogP contribution in [0.15, 0.2) is 29.5 Å². The molecule has 0 saturated heterocycles. The van der Waals surface area contributed by atoms with Crippen molar-refractivity contribution >= 4 is 5.91 Å². The first-order chi connectivity index (χ1) is 9.63. The van der Waals surface area contributed by atoms with Gasteiger partial charge in [-0.1, -0.05) is 6.92 Å². The molecule has 0 fully saturated rings. The first kappa shape index (κ1) is 14.0. The van der Waals surface area contributed by atoms with E-state index in [2.05, 4.69) is 20.4 Å². The average molecular weight is 275 g/mol. The summed E-state index contributed by atoms with van der Waals surface area (Å²) in [5, 5.41) is 6.87. The third-order valence-electron chi connectivity index (χ3n) is 2.88. The molecule has 0 aliphatic rings. The van der Waals surface area contributed by atoms with Crippen LogP contribution < -0.4 is 10.9 Å². The largest absolute Gasteiger partial charge is 0.342 e. The Morgan fingerprint density at radius 1 is 1.55 bits per heavy atom. The molecular weight excluding hydrogens is 258 g/mol. The molecule has 7 heteroatoms. The second kappa shape index (κ2) is 6.14. The normalized spacial score (nSPS) is 12.1. The number of amides is 1. The monoisotopic (exact) mass is 275 g/mol. The van der Waals surface area contributed by atoms with Crippen molar-refractivity contribution in [3.8, 4) is 0 Å². The van der Waals surface area contributed by atoms with Crippen LogP contribution >= 0.6 is 0 Å². The molecule has 2 rings (SSSR count). The van der Waals surface area contributed by atoms with Crippen molar-refractivity contribution in [1.82, 2.24) is 25.1 Å². The van der Waals surface area contributed by atoms with E-state index in [0.29, 0.717) is 5.82 Å². The van der Waals surface area contributed by atoms with Crippen molar-refractivity contribution in [2.24, 2.45) is 0 Å². The van der Waals surface area contributed by atoms with E-state index in [1.165, 1.54) is 18.6 Å². The number of carbonyl (C=O) groups is 1. The number of carbonyl (C=O) groups excluding carboxylic acids is 1. The number of aromatic amines is 1. The Morgan fingerprint density at radius 2 is 2.35 bits per heavy atom. The lowest BCUT2D eigenvalue weighted by atomic mass is 10.2. The van der Waals surface area contributed by atoms with Crippen LogP contribution in [0.25, 0.3) is 0 Å². The third kappa shape index (κ3) is 2.93. The minimum Gasteiger partial charge on any atom is -0.342 e. The third-order valence-corrected chi connectivity index (χ3v) is 2.88. The van der Waals surface area contributed by atoms with E-state index in [9.17, 15) is 9.59 Å². The minimum absolute atomic E-state index is 0.0842. The standard InChI is InChI=1S/C13H17N5O2/c1-3-7-18-11(15-8-16-18)9(2)17-13(20)10-5-4-6-14-12(10)19/h4-6,8-9H,3,7H2,1-2H3,(H,14,19)(H,17,20). The fourth-order valence-electron chi connectivity index (χ4n) is 1.93. The van der Waals surface area contributed by atoms with Crippen LogP contribution in [0.4, 0.5) is 0 Å². The molecule has 20 heavy (non-hydrogen) atoms. The van der Waals surface area contributed by atoms with E-state index >= 15 is 0 Å². The molecule has 2 heterocycles. The van der Waals surface area contributed by atoms with Crippen molar-refractivity contribution in [2.45, 2.75) is 32.9 Å². The number of pyridine rings is 1. The lowest BCUT2D eigenvalue weighted by Gasteiger charge is -2.14. The van der Waals surface area contributed by atoms with E-state index in [0.717, 1.165) is 13.0 Å². The van der Waals surface area contributed by atoms with Crippen LogP contribution in [-0.4, -0.2) is 25.7 Å². The molecule has 0 aliphatic heterocycles. The van der Waals surface area contributed by atoms with Gasteiger partial charge in [0.2, 0.25) is 0 Å². The van der Waals surface area contributed by atoms with Gasteiger partial charge in [-0.2, -0.15) is 5.10 Å². The summed E-state index contributed by atoms with van der Waals surface area (Å²) in [5.74, 6) is 0.248. The number of hydrogen-bond acceptors (Lipinski definition) is 4. The number of hydrogen-bond donors (Lipinski definition) is 2. The molecule has 7 nitrogen and oxygen atoms in total. The summed E-state index contributed by atoms with van der Waals surface area (Å²) in [4.78, 5) is 30.2. The summed E-state index contributed by atoms with van der Waals surface area (Å²) in [6.07, 6.45) is 3.87. The molecule has 1 atom stereocenters. The van der Waals surface area contributed by atoms with Gasteiger partial charge in [0.15, 0.2) is 0 Å². The number of nitrogens with zero attached hydrogens (tertiary/aromatic N) is 3. The van der Waals surface area contributed by atoms with E-state index in [1.807, 2.05) is 13.8 Å². The Balaban J connectivity index is 2.13. The fraction of sp³-hybridized carbons (Fsp3) is 0.385. The van der Waals surface area contributed by atoms with E-state index in [-0.39, 0.29) is 11.6 Å². The first-order valence-corrected chi connectivity index (χ1v) is 6.49. The van der Waals surface area contributed by atoms with Crippen molar-refractivity contribution in [1.29, 1.82) is 0 Å². The second-order valence-electron chi connectivity index (χ2n) is 4.45. The highest BCUT2D eigenvalue weighted by atomic mass is 16.2. The Hall–Kier alpha value is -2.44. The summed E-state index contributed by atoms with van der Waals surface area (Å²) in [6.45, 7) is 4.59. The molecule has 2 N–H and O–H groups in total. The zero-order chi connectivity index (χ0) is 14.5. The van der Waals surface area contributed by atoms with Crippen molar-refractivity contribution < 1.29 is 4.79 Å². The molecule has 0 bridgehead atoms. The van der Waals surface area contributed by atoms with Gasteiger partial charge in [0.25, 0.3) is 11.5 Å². The van der Waals surface area contributed by atoms with E-state index < -0.39 is 11.5 Å². The quantitative estimate of drug-likeness (QED) is 0.846. The van der Waals surface area contributed by atoms with Crippen molar-refractivity contribution in [3.63, 3.8) is 0 Å². The van der Waals surface area contributed by atoms with Crippen molar-refractivity contribution in [3.05, 3.63) is 46.4 Å². The van der Waals surface area contributed by atoms with Crippen LogP contribution in [0, 0.1) is 0 Å². The highest BCUT2D eigenvalue weighted by Crippen LogP contribution is 2.09. The summed E-state index contributed by atoms with van der Waals surface area (Å²) >= 11 is 0. The second-order valence-corrected chi connectivity index (χ2v) is 4.45. The van der Waals surface area contributed by atoms with Crippen molar-refractivity contribution in [2.75, 3.05) is 0 Å². The highest BCUT2D eigenvalue weighted by Gasteiger charge is 2.17. The Bertz CT molecular complexity index is 646. The maximum atomic E-state index is 12.1. The predicted molar refractivity (Wildman–Crippen MR) is 73.3 cm³/mol. The van der Waals surface area contributed by atoms with Gasteiger partial charge in [-0.3, -0.25) is 9.59 Å². The Morgan fingerprint density at radius 3 is 3.05 bits per heavy atom. The van der Waals surface area contributed by atoms with Gasteiger partial charge in [0.1, 0.15) is 17.7 Å². The Kier molecular flexibility index (Phi) is 4.29. The topological polar surface area (TPSA) is 92.7 Å². The zero-order valence-corrected chi connectivity index (χ0v) is 11.5.